The van der Waals surface area contributed by atoms with Crippen molar-refractivity contribution in [2.75, 3.05) is 6.61 Å². The monoisotopic (exact) mass is 200 g/mol. The summed E-state index contributed by atoms with van der Waals surface area (Å²) < 4.78 is 0. The van der Waals surface area contributed by atoms with E-state index in [0.29, 0.717) is 0 Å². The molecule has 1 aliphatic rings. The number of nitrogens with zero attached hydrogens (tertiary/aromatic N) is 1. The molecular formula is C10H18NO3-. The third-order valence-electron chi connectivity index (χ3n) is 2.91. The van der Waals surface area contributed by atoms with E-state index >= 15 is 0 Å². The molecule has 0 aromatic carbocycles. The summed E-state index contributed by atoms with van der Waals surface area (Å²) in [6, 6.07) is 0. The van der Waals surface area contributed by atoms with Gasteiger partial charge in [0.05, 0.1) is 12.1 Å². The molecule has 0 aliphatic heterocycles. The molecule has 0 saturated heterocycles. The van der Waals surface area contributed by atoms with Crippen molar-refractivity contribution in [1.29, 1.82) is 0 Å². The van der Waals surface area contributed by atoms with E-state index in [-0.39, 0.29) is 6.61 Å². The van der Waals surface area contributed by atoms with Crippen LogP contribution in [0.3, 0.4) is 0 Å². The molecule has 14 heavy (non-hydrogen) atoms. The normalized spacial score (nSPS) is 20.0. The Kier molecular flexibility index (Phi) is 2.76. The Morgan fingerprint density at radius 2 is 2.00 bits per heavy atom. The van der Waals surface area contributed by atoms with Crippen molar-refractivity contribution in [3.8, 4) is 0 Å². The van der Waals surface area contributed by atoms with Crippen LogP contribution in [-0.4, -0.2) is 33.8 Å². The summed E-state index contributed by atoms with van der Waals surface area (Å²) in [5.74, 6) is 0. The molecular weight excluding hydrogens is 182 g/mol. The average molecular weight is 200 g/mol. The van der Waals surface area contributed by atoms with E-state index in [1.165, 1.54) is 4.90 Å². The second-order valence-electron chi connectivity index (χ2n) is 5.01. The molecule has 4 nitrogen and oxygen atoms in total. The zero-order valence-electron chi connectivity index (χ0n) is 9.04. The summed E-state index contributed by atoms with van der Waals surface area (Å²) in [5, 5.41) is 20.3. The van der Waals surface area contributed by atoms with Gasteiger partial charge in [0.1, 0.15) is 6.09 Å². The number of rotatable bonds is 2. The highest BCUT2D eigenvalue weighted by Gasteiger charge is 2.46. The first kappa shape index (κ1) is 11.3. The topological polar surface area (TPSA) is 63.6 Å². The van der Waals surface area contributed by atoms with Crippen LogP contribution in [0.4, 0.5) is 4.79 Å². The summed E-state index contributed by atoms with van der Waals surface area (Å²) in [5.41, 5.74) is -1.10. The summed E-state index contributed by atoms with van der Waals surface area (Å²) in [6.07, 6.45) is 1.25. The maximum absolute atomic E-state index is 11.0. The number of carboxylic acid groups (broad SMARTS) is 1. The molecule has 0 aromatic rings. The Morgan fingerprint density at radius 3 is 2.07 bits per heavy atom. The van der Waals surface area contributed by atoms with E-state index in [0.717, 1.165) is 19.3 Å². The minimum Gasteiger partial charge on any atom is -0.530 e. The van der Waals surface area contributed by atoms with Crippen LogP contribution in [0, 0.1) is 0 Å². The maximum Gasteiger partial charge on any atom is 0.137 e. The molecule has 1 N–H and O–H groups in total. The molecule has 0 radical (unpaired) electrons. The second kappa shape index (κ2) is 3.42. The van der Waals surface area contributed by atoms with Crippen LogP contribution in [0.1, 0.15) is 40.0 Å². The lowest BCUT2D eigenvalue weighted by Crippen LogP contribution is -2.67. The largest absolute Gasteiger partial charge is 0.530 e. The van der Waals surface area contributed by atoms with Gasteiger partial charge in [-0.25, -0.2) is 0 Å². The van der Waals surface area contributed by atoms with Crippen molar-refractivity contribution in [3.63, 3.8) is 0 Å². The fourth-order valence-electron chi connectivity index (χ4n) is 2.22. The van der Waals surface area contributed by atoms with Crippen LogP contribution < -0.4 is 5.11 Å². The fraction of sp³-hybridized carbons (Fsp3) is 0.900. The summed E-state index contributed by atoms with van der Waals surface area (Å²) in [7, 11) is 0. The van der Waals surface area contributed by atoms with Gasteiger partial charge >= 0.3 is 0 Å². The fourth-order valence-corrected chi connectivity index (χ4v) is 2.22. The highest BCUT2D eigenvalue weighted by Crippen LogP contribution is 2.40. The van der Waals surface area contributed by atoms with Crippen LogP contribution in [0.2, 0.25) is 0 Å². The molecule has 0 heterocycles. The Morgan fingerprint density at radius 1 is 1.50 bits per heavy atom. The predicted molar refractivity (Wildman–Crippen MR) is 50.7 cm³/mol. The number of carbonyl (C=O) groups excluding carboxylic acids is 1. The summed E-state index contributed by atoms with van der Waals surface area (Å²) in [4.78, 5) is 12.3. The molecule has 1 saturated carbocycles. The number of aliphatic hydroxyl groups is 1. The van der Waals surface area contributed by atoms with Gasteiger partial charge in [-0.3, -0.25) is 0 Å². The number of hydrogen-bond donors (Lipinski definition) is 1. The minimum absolute atomic E-state index is 0.113. The van der Waals surface area contributed by atoms with E-state index in [9.17, 15) is 15.0 Å². The van der Waals surface area contributed by atoms with Gasteiger partial charge in [0.2, 0.25) is 0 Å². The first-order chi connectivity index (χ1) is 6.33. The molecule has 0 unspecified atom stereocenters. The number of amides is 1. The van der Waals surface area contributed by atoms with Crippen molar-refractivity contribution in [2.24, 2.45) is 0 Å². The van der Waals surface area contributed by atoms with Crippen LogP contribution in [0.25, 0.3) is 0 Å². The van der Waals surface area contributed by atoms with Crippen LogP contribution in [0.5, 0.6) is 0 Å². The summed E-state index contributed by atoms with van der Waals surface area (Å²) >= 11 is 0. The molecule has 0 atom stereocenters. The SMILES string of the molecule is CC(C)(C)N(C(=O)[O-])C1(CO)CCC1. The van der Waals surface area contributed by atoms with Crippen molar-refractivity contribution < 1.29 is 15.0 Å². The highest BCUT2D eigenvalue weighted by molar-refractivity contribution is 5.65. The third kappa shape index (κ3) is 1.71. The maximum atomic E-state index is 11.0. The number of aliphatic hydroxyl groups excluding tert-OH is 1. The molecule has 1 amide bonds. The predicted octanol–water partition coefficient (Wildman–Crippen LogP) is 0.345. The average Bonchev–Trinajstić information content (AvgIpc) is 1.92. The molecule has 4 heteroatoms. The zero-order valence-corrected chi connectivity index (χ0v) is 9.04. The first-order valence-corrected chi connectivity index (χ1v) is 4.96. The van der Waals surface area contributed by atoms with E-state index in [2.05, 4.69) is 0 Å². The zero-order chi connectivity index (χ0) is 11.0. The standard InChI is InChI=1S/C10H19NO3/c1-9(2,3)11(8(13)14)10(7-12)5-4-6-10/h12H,4-7H2,1-3H3,(H,13,14)/p-1. The van der Waals surface area contributed by atoms with Gasteiger partial charge in [0.25, 0.3) is 0 Å². The van der Waals surface area contributed by atoms with Gasteiger partial charge in [-0.15, -0.1) is 0 Å². The van der Waals surface area contributed by atoms with E-state index < -0.39 is 17.2 Å². The summed E-state index contributed by atoms with van der Waals surface area (Å²) in [6.45, 7) is 5.34. The molecule has 82 valence electrons. The Bertz CT molecular complexity index is 223. The van der Waals surface area contributed by atoms with Crippen LogP contribution in [-0.2, 0) is 0 Å². The lowest BCUT2D eigenvalue weighted by Gasteiger charge is -2.56. The Hall–Kier alpha value is -0.770. The van der Waals surface area contributed by atoms with Gasteiger partial charge in [-0.1, -0.05) is 0 Å². The first-order valence-electron chi connectivity index (χ1n) is 4.96. The molecule has 0 bridgehead atoms. The van der Waals surface area contributed by atoms with E-state index in [1.807, 2.05) is 20.8 Å². The minimum atomic E-state index is -1.19. The third-order valence-corrected chi connectivity index (χ3v) is 2.91. The van der Waals surface area contributed by atoms with Crippen molar-refractivity contribution in [1.82, 2.24) is 4.90 Å². The second-order valence-corrected chi connectivity index (χ2v) is 5.01. The van der Waals surface area contributed by atoms with Gasteiger partial charge in [0, 0.05) is 5.54 Å². The number of hydrogen-bond acceptors (Lipinski definition) is 3. The van der Waals surface area contributed by atoms with Gasteiger partial charge in [0.15, 0.2) is 0 Å². The van der Waals surface area contributed by atoms with Gasteiger partial charge in [-0.05, 0) is 40.0 Å². The van der Waals surface area contributed by atoms with Crippen molar-refractivity contribution in [3.05, 3.63) is 0 Å². The Balaban J connectivity index is 2.93. The molecule has 1 rings (SSSR count). The molecule has 1 aliphatic carbocycles. The van der Waals surface area contributed by atoms with Crippen LogP contribution >= 0.6 is 0 Å². The molecule has 1 fully saturated rings. The van der Waals surface area contributed by atoms with Gasteiger partial charge in [-0.2, -0.15) is 0 Å². The van der Waals surface area contributed by atoms with Gasteiger partial charge < -0.3 is 19.9 Å². The van der Waals surface area contributed by atoms with Crippen molar-refractivity contribution >= 4 is 6.09 Å². The lowest BCUT2D eigenvalue weighted by atomic mass is 9.74. The van der Waals surface area contributed by atoms with E-state index in [4.69, 9.17) is 0 Å². The van der Waals surface area contributed by atoms with Crippen molar-refractivity contribution in [2.45, 2.75) is 51.1 Å². The molecule has 0 spiro atoms. The van der Waals surface area contributed by atoms with Crippen LogP contribution in [0.15, 0.2) is 0 Å². The highest BCUT2D eigenvalue weighted by atomic mass is 16.4. The number of carbonyl (C=O) groups is 1. The quantitative estimate of drug-likeness (QED) is 0.699. The molecule has 0 aromatic heterocycles. The lowest BCUT2D eigenvalue weighted by molar-refractivity contribution is -0.283. The smallest absolute Gasteiger partial charge is 0.137 e. The Labute approximate surface area is 84.5 Å². The van der Waals surface area contributed by atoms with E-state index in [1.54, 1.807) is 0 Å².